The van der Waals surface area contributed by atoms with E-state index in [-0.39, 0.29) is 53.1 Å². The average Bonchev–Trinajstić information content (AvgIpc) is 3.35. The minimum atomic E-state index is -1.95. The minimum absolute atomic E-state index is 0.174. The number of Topliss-reactive ketones (excluding diaryl/α,β-unsaturated/α-hetero) is 1. The molecule has 3 aliphatic heterocycles. The number of nitrogens with one attached hydrogen (secondary N) is 1. The number of carbonyl (C=O) groups is 3. The molecular formula is C35H60FN6O9P. The molecule has 296 valence electrons. The van der Waals surface area contributed by atoms with Crippen LogP contribution in [0.5, 0.6) is 0 Å². The first-order chi connectivity index (χ1) is 24.3. The van der Waals surface area contributed by atoms with Crippen LogP contribution in [0.25, 0.3) is 10.4 Å². The zero-order valence-corrected chi connectivity index (χ0v) is 33.6. The first-order valence-corrected chi connectivity index (χ1v) is 19.2. The Labute approximate surface area is 309 Å². The molecule has 1 amide bonds. The highest BCUT2D eigenvalue weighted by Gasteiger charge is 2.59. The zero-order valence-electron chi connectivity index (χ0n) is 32.7. The topological polar surface area (TPSA) is 182 Å². The lowest BCUT2D eigenvalue weighted by molar-refractivity contribution is -0.262. The summed E-state index contributed by atoms with van der Waals surface area (Å²) >= 11 is 0. The van der Waals surface area contributed by atoms with Crippen LogP contribution in [0.2, 0.25) is 0 Å². The number of fused-ring (bicyclic) bond motifs is 1. The van der Waals surface area contributed by atoms with Gasteiger partial charge in [-0.3, -0.25) is 19.1 Å². The maximum atomic E-state index is 16.9. The molecule has 0 saturated carbocycles. The highest BCUT2D eigenvalue weighted by atomic mass is 31.1. The fraction of sp³-hybridized carbons (Fsp3) is 0.914. The normalized spacial score (nSPS) is 41.1. The van der Waals surface area contributed by atoms with Crippen molar-refractivity contribution in [3.63, 3.8) is 0 Å². The molecule has 0 aromatic rings. The van der Waals surface area contributed by atoms with Crippen LogP contribution in [0.15, 0.2) is 5.11 Å². The average molecular weight is 759 g/mol. The van der Waals surface area contributed by atoms with Crippen LogP contribution in [-0.2, 0) is 37.8 Å². The maximum absolute atomic E-state index is 16.9. The van der Waals surface area contributed by atoms with Gasteiger partial charge >= 0.3 is 12.1 Å². The molecule has 13 atom stereocenters. The van der Waals surface area contributed by atoms with Gasteiger partial charge in [0, 0.05) is 56.1 Å². The van der Waals surface area contributed by atoms with Gasteiger partial charge in [-0.05, 0) is 86.9 Å². The second-order valence-electron chi connectivity index (χ2n) is 15.6. The lowest BCUT2D eigenvalue weighted by Gasteiger charge is -2.47. The predicted molar refractivity (Wildman–Crippen MR) is 192 cm³/mol. The lowest BCUT2D eigenvalue weighted by Crippen LogP contribution is -2.61. The molecule has 0 radical (unpaired) electrons. The lowest BCUT2D eigenvalue weighted by atomic mass is 9.77. The van der Waals surface area contributed by atoms with E-state index < -0.39 is 82.8 Å². The van der Waals surface area contributed by atoms with Crippen molar-refractivity contribution in [2.75, 3.05) is 40.8 Å². The molecule has 0 aliphatic carbocycles. The van der Waals surface area contributed by atoms with Crippen LogP contribution in [0.3, 0.4) is 0 Å². The van der Waals surface area contributed by atoms with Crippen molar-refractivity contribution in [2.45, 2.75) is 153 Å². The van der Waals surface area contributed by atoms with Gasteiger partial charge in [-0.15, -0.1) is 0 Å². The van der Waals surface area contributed by atoms with Crippen molar-refractivity contribution in [1.29, 1.82) is 0 Å². The van der Waals surface area contributed by atoms with Crippen LogP contribution in [0, 0.1) is 11.8 Å². The molecule has 3 aliphatic rings. The minimum Gasteiger partial charge on any atom is -0.458 e. The smallest absolute Gasteiger partial charge is 0.410 e. The number of nitrogens with zero attached hydrogens (tertiary/aromatic N) is 5. The van der Waals surface area contributed by atoms with Gasteiger partial charge in [0.25, 0.3) is 0 Å². The summed E-state index contributed by atoms with van der Waals surface area (Å²) in [7, 11) is 4.97. The van der Waals surface area contributed by atoms with Crippen molar-refractivity contribution < 1.29 is 47.0 Å². The van der Waals surface area contributed by atoms with E-state index in [4.69, 9.17) is 29.2 Å². The Morgan fingerprint density at radius 2 is 1.83 bits per heavy atom. The van der Waals surface area contributed by atoms with Crippen molar-refractivity contribution in [3.05, 3.63) is 10.4 Å². The predicted octanol–water partition coefficient (Wildman–Crippen LogP) is 5.45. The number of carbonyl (C=O) groups excluding carboxylic acids is 3. The molecule has 0 aromatic heterocycles. The van der Waals surface area contributed by atoms with Crippen molar-refractivity contribution >= 4 is 26.3 Å². The summed E-state index contributed by atoms with van der Waals surface area (Å²) in [6, 6.07) is -1.43. The summed E-state index contributed by atoms with van der Waals surface area (Å²) < 4.78 is 60.5. The van der Waals surface area contributed by atoms with Gasteiger partial charge in [0.2, 0.25) is 0 Å². The molecule has 3 saturated heterocycles. The molecule has 17 heteroatoms. The van der Waals surface area contributed by atoms with E-state index in [0.717, 1.165) is 0 Å². The number of cyclic esters (lactones) is 1. The Kier molecular flexibility index (Phi) is 15.4. The van der Waals surface area contributed by atoms with Crippen LogP contribution < -0.4 is 5.32 Å². The SMILES string of the molecule is CC[C@H]1OC(=O)[C@H](C)C(=O)[C@H](C)[C@@H](O[C@@H]2OC(C)CC(N(C)C)C2P=O)[C@](C)(OC)CC(C)(F)CN[C@H](C)[C@H]2N(CCCCN=[N+]=[N-])C(=O)O[C@]12C. The fourth-order valence-corrected chi connectivity index (χ4v) is 9.05. The summed E-state index contributed by atoms with van der Waals surface area (Å²) in [5.41, 5.74) is 3.27. The molecule has 1 N–H and O–H groups in total. The number of azide groups is 1. The number of hydrogen-bond donors (Lipinski definition) is 1. The number of rotatable bonds is 11. The summed E-state index contributed by atoms with van der Waals surface area (Å²) in [5.74, 6) is -3.64. The molecular weight excluding hydrogens is 698 g/mol. The summed E-state index contributed by atoms with van der Waals surface area (Å²) in [5, 5.41) is 6.86. The molecule has 3 rings (SSSR count). The Balaban J connectivity index is 2.09. The highest BCUT2D eigenvalue weighted by molar-refractivity contribution is 7.25. The third kappa shape index (κ3) is 9.80. The largest absolute Gasteiger partial charge is 0.458 e. The molecule has 52 heavy (non-hydrogen) atoms. The first kappa shape index (κ1) is 44.0. The van der Waals surface area contributed by atoms with E-state index in [1.165, 1.54) is 21.0 Å². The van der Waals surface area contributed by atoms with E-state index in [2.05, 4.69) is 15.3 Å². The van der Waals surface area contributed by atoms with E-state index in [1.807, 2.05) is 32.8 Å². The number of unbranched alkanes of at least 4 members (excludes halogenated alkanes) is 1. The van der Waals surface area contributed by atoms with Gasteiger partial charge in [0.05, 0.1) is 23.9 Å². The van der Waals surface area contributed by atoms with Gasteiger partial charge in [-0.2, -0.15) is 0 Å². The quantitative estimate of drug-likeness (QED) is 0.0539. The Morgan fingerprint density at radius 3 is 2.40 bits per heavy atom. The molecule has 3 heterocycles. The van der Waals surface area contributed by atoms with Crippen molar-refractivity contribution in [3.8, 4) is 0 Å². The summed E-state index contributed by atoms with van der Waals surface area (Å²) in [4.78, 5) is 47.9. The van der Waals surface area contributed by atoms with Gasteiger partial charge in [-0.1, -0.05) is 19.0 Å². The second kappa shape index (κ2) is 18.3. The first-order valence-electron chi connectivity index (χ1n) is 18.3. The summed E-state index contributed by atoms with van der Waals surface area (Å²) in [6.45, 7) is 13.7. The number of amides is 1. The molecule has 3 fully saturated rings. The van der Waals surface area contributed by atoms with Crippen LogP contribution in [-0.4, -0.2) is 134 Å². The van der Waals surface area contributed by atoms with E-state index >= 15 is 4.39 Å². The monoisotopic (exact) mass is 758 g/mol. The standard InChI is InChI=1S/C35H60FN6O9P/c1-12-25-35(8)28(42(32(45)51-35)16-14-13-15-39-40-37)23(5)38-19-33(6,36)18-34(7,47-11)29(21(3)26(43)22(4)30(44)49-25)50-31-27(52-46)24(41(9)10)17-20(2)48-31/h20-25,27-29,31,38H,12-19H2,1-11H3/t20?,21-,22+,23+,24?,25+,27?,28+,29+,31-,33?,34+,35+/m0/s1. The number of ether oxygens (including phenoxy) is 5. The zero-order chi connectivity index (χ0) is 39.2. The van der Waals surface area contributed by atoms with Crippen molar-refractivity contribution in [1.82, 2.24) is 15.1 Å². The van der Waals surface area contributed by atoms with Gasteiger partial charge in [-0.25, -0.2) is 9.18 Å². The van der Waals surface area contributed by atoms with Gasteiger partial charge in [0.15, 0.2) is 26.1 Å². The van der Waals surface area contributed by atoms with Crippen molar-refractivity contribution in [2.24, 2.45) is 17.0 Å². The highest BCUT2D eigenvalue weighted by Crippen LogP contribution is 2.42. The van der Waals surface area contributed by atoms with Gasteiger partial charge < -0.3 is 33.9 Å². The number of ketones is 1. The third-order valence-electron chi connectivity index (χ3n) is 11.1. The van der Waals surface area contributed by atoms with Crippen LogP contribution in [0.1, 0.15) is 87.5 Å². The molecule has 0 spiro atoms. The van der Waals surface area contributed by atoms with Crippen LogP contribution in [0.4, 0.5) is 9.18 Å². The maximum Gasteiger partial charge on any atom is 0.410 e. The number of alkyl halides is 1. The summed E-state index contributed by atoms with van der Waals surface area (Å²) in [6.07, 6.45) is -2.35. The number of esters is 1. The third-order valence-corrected chi connectivity index (χ3v) is 12.0. The number of hydrogen-bond acceptors (Lipinski definition) is 12. The molecule has 15 nitrogen and oxygen atoms in total. The van der Waals surface area contributed by atoms with Gasteiger partial charge in [0.1, 0.15) is 23.3 Å². The molecule has 0 aromatic carbocycles. The van der Waals surface area contributed by atoms with E-state index in [0.29, 0.717) is 19.3 Å². The molecule has 4 unspecified atom stereocenters. The Bertz CT molecular complexity index is 1320. The fourth-order valence-electron chi connectivity index (χ4n) is 8.28. The molecule has 0 bridgehead atoms. The second-order valence-corrected chi connectivity index (χ2v) is 16.4. The van der Waals surface area contributed by atoms with E-state index in [9.17, 15) is 18.9 Å². The van der Waals surface area contributed by atoms with Crippen LogP contribution >= 0.6 is 8.46 Å². The Hall–Kier alpha value is -2.45. The number of halogens is 1. The van der Waals surface area contributed by atoms with E-state index in [1.54, 1.807) is 32.6 Å². The number of methoxy groups -OCH3 is 1. The Morgan fingerprint density at radius 1 is 1.15 bits per heavy atom.